The summed E-state index contributed by atoms with van der Waals surface area (Å²) in [4.78, 5) is 2.44. The third-order valence-electron chi connectivity index (χ3n) is 12.8. The molecule has 60 heavy (non-hydrogen) atoms. The van der Waals surface area contributed by atoms with Crippen LogP contribution in [0.3, 0.4) is 0 Å². The second-order valence-corrected chi connectivity index (χ2v) is 16.8. The van der Waals surface area contributed by atoms with Gasteiger partial charge in [-0.25, -0.2) is 0 Å². The number of rotatable bonds is 7. The fourth-order valence-electron chi connectivity index (χ4n) is 9.63. The van der Waals surface area contributed by atoms with Crippen molar-refractivity contribution in [3.8, 4) is 39.1 Å². The van der Waals surface area contributed by atoms with Crippen LogP contribution < -0.4 is 4.90 Å². The molecule has 1 aromatic heterocycles. The van der Waals surface area contributed by atoms with Crippen molar-refractivity contribution in [1.82, 2.24) is 4.57 Å². The maximum atomic E-state index is 4.09. The maximum Gasteiger partial charge on any atom is 0.0541 e. The molecule has 2 nitrogen and oxygen atoms in total. The van der Waals surface area contributed by atoms with Crippen molar-refractivity contribution >= 4 is 55.2 Å². The van der Waals surface area contributed by atoms with Gasteiger partial charge in [0.15, 0.2) is 0 Å². The van der Waals surface area contributed by atoms with Crippen LogP contribution in [-0.4, -0.2) is 4.57 Å². The average Bonchev–Trinajstić information content (AvgIpc) is 3.74. The SMILES string of the molecule is C=C(C)c1ccc(-c2ccc(-c3ccc(N(c4ccc5c(c4)C(C)(C)c4cc(-n6c7ccccc7c7ccccc76)ccc4-5)c4cccc5ccccc45)cc3)cc2)cc1. The van der Waals surface area contributed by atoms with E-state index in [-0.39, 0.29) is 5.41 Å². The first kappa shape index (κ1) is 35.7. The van der Waals surface area contributed by atoms with Crippen molar-refractivity contribution in [2.45, 2.75) is 26.2 Å². The monoisotopic (exact) mass is 768 g/mol. The van der Waals surface area contributed by atoms with E-state index < -0.39 is 0 Å². The van der Waals surface area contributed by atoms with E-state index in [0.717, 1.165) is 22.6 Å². The fourth-order valence-corrected chi connectivity index (χ4v) is 9.63. The van der Waals surface area contributed by atoms with Crippen molar-refractivity contribution < 1.29 is 0 Å². The Hall–Kier alpha value is -7.42. The summed E-state index contributed by atoms with van der Waals surface area (Å²) in [6.07, 6.45) is 0. The Morgan fingerprint density at radius 1 is 0.467 bits per heavy atom. The molecule has 286 valence electrons. The predicted molar refractivity (Wildman–Crippen MR) is 256 cm³/mol. The largest absolute Gasteiger partial charge is 0.310 e. The lowest BCUT2D eigenvalue weighted by molar-refractivity contribution is 0.660. The number of para-hydroxylation sites is 2. The van der Waals surface area contributed by atoms with Crippen molar-refractivity contribution in [2.75, 3.05) is 4.90 Å². The van der Waals surface area contributed by atoms with Gasteiger partial charge in [-0.1, -0.05) is 172 Å². The van der Waals surface area contributed by atoms with E-state index in [0.29, 0.717) is 0 Å². The molecule has 0 aliphatic heterocycles. The van der Waals surface area contributed by atoms with Crippen LogP contribution in [0.15, 0.2) is 207 Å². The summed E-state index contributed by atoms with van der Waals surface area (Å²) in [7, 11) is 0. The van der Waals surface area contributed by atoms with E-state index in [1.54, 1.807) is 0 Å². The van der Waals surface area contributed by atoms with Crippen LogP contribution in [-0.2, 0) is 5.41 Å². The van der Waals surface area contributed by atoms with Crippen molar-refractivity contribution in [1.29, 1.82) is 0 Å². The minimum absolute atomic E-state index is 0.220. The van der Waals surface area contributed by atoms with Gasteiger partial charge in [0.2, 0.25) is 0 Å². The standard InChI is InChI=1S/C58H44N2/c1-38(2)39-20-22-40(23-21-39)41-24-26-42(27-25-41)43-28-30-45(31-29-43)59(55-19-11-13-44-12-5-6-14-48(44)55)46-32-34-49-50-35-33-47(37-54(50)58(3,4)53(49)36-46)60-56-17-9-7-15-51(56)52-16-8-10-18-57(52)60/h5-37H,1H2,2-4H3. The molecular formula is C58H44N2. The summed E-state index contributed by atoms with van der Waals surface area (Å²) in [5.74, 6) is 0. The van der Waals surface area contributed by atoms with Crippen molar-refractivity contribution in [3.63, 3.8) is 0 Å². The van der Waals surface area contributed by atoms with Gasteiger partial charge in [0.25, 0.3) is 0 Å². The highest BCUT2D eigenvalue weighted by molar-refractivity contribution is 6.09. The van der Waals surface area contributed by atoms with Crippen LogP contribution in [0.1, 0.15) is 37.5 Å². The Balaban J connectivity index is 0.981. The smallest absolute Gasteiger partial charge is 0.0541 e. The van der Waals surface area contributed by atoms with Gasteiger partial charge in [0, 0.05) is 38.6 Å². The van der Waals surface area contributed by atoms with E-state index in [9.17, 15) is 0 Å². The number of benzene rings is 9. The molecule has 0 atom stereocenters. The molecule has 0 amide bonds. The molecule has 10 aromatic rings. The zero-order valence-electron chi connectivity index (χ0n) is 34.2. The highest BCUT2D eigenvalue weighted by Crippen LogP contribution is 2.52. The lowest BCUT2D eigenvalue weighted by atomic mass is 9.82. The highest BCUT2D eigenvalue weighted by Gasteiger charge is 2.36. The van der Waals surface area contributed by atoms with Crippen LogP contribution in [0.5, 0.6) is 0 Å². The van der Waals surface area contributed by atoms with Gasteiger partial charge in [-0.05, 0) is 117 Å². The van der Waals surface area contributed by atoms with Gasteiger partial charge in [0.1, 0.15) is 0 Å². The molecular weight excluding hydrogens is 725 g/mol. The highest BCUT2D eigenvalue weighted by atomic mass is 15.1. The zero-order chi connectivity index (χ0) is 40.5. The number of fused-ring (bicyclic) bond motifs is 7. The first-order valence-corrected chi connectivity index (χ1v) is 20.9. The summed E-state index contributed by atoms with van der Waals surface area (Å²) in [5.41, 5.74) is 19.2. The topological polar surface area (TPSA) is 8.17 Å². The number of allylic oxidation sites excluding steroid dienone is 1. The summed E-state index contributed by atoms with van der Waals surface area (Å²) >= 11 is 0. The van der Waals surface area contributed by atoms with Gasteiger partial charge in [0.05, 0.1) is 16.7 Å². The van der Waals surface area contributed by atoms with Gasteiger partial charge in [-0.2, -0.15) is 0 Å². The normalized spacial score (nSPS) is 12.8. The quantitative estimate of drug-likeness (QED) is 0.157. The molecule has 1 aliphatic rings. The van der Waals surface area contributed by atoms with Gasteiger partial charge in [-0.15, -0.1) is 0 Å². The van der Waals surface area contributed by atoms with Crippen molar-refractivity contribution in [3.05, 3.63) is 223 Å². The Labute approximate surface area is 351 Å². The average molecular weight is 769 g/mol. The third-order valence-corrected chi connectivity index (χ3v) is 12.8. The van der Waals surface area contributed by atoms with Crippen LogP contribution in [0, 0.1) is 0 Å². The molecule has 0 spiro atoms. The summed E-state index contributed by atoms with van der Waals surface area (Å²) in [6.45, 7) is 10.9. The molecule has 0 fully saturated rings. The molecule has 1 aliphatic carbocycles. The summed E-state index contributed by atoms with van der Waals surface area (Å²) < 4.78 is 2.43. The molecule has 0 N–H and O–H groups in total. The molecule has 1 heterocycles. The minimum atomic E-state index is -0.220. The molecule has 0 radical (unpaired) electrons. The Bertz CT molecular complexity index is 3230. The Morgan fingerprint density at radius 2 is 0.950 bits per heavy atom. The second kappa shape index (κ2) is 13.9. The minimum Gasteiger partial charge on any atom is -0.310 e. The first-order chi connectivity index (χ1) is 29.3. The number of hydrogen-bond donors (Lipinski definition) is 0. The van der Waals surface area contributed by atoms with E-state index in [1.165, 1.54) is 88.3 Å². The lowest BCUT2D eigenvalue weighted by Gasteiger charge is -2.29. The molecule has 2 heteroatoms. The zero-order valence-corrected chi connectivity index (χ0v) is 34.2. The van der Waals surface area contributed by atoms with Crippen LogP contribution in [0.25, 0.3) is 77.2 Å². The number of anilines is 3. The molecule has 0 saturated heterocycles. The van der Waals surface area contributed by atoms with E-state index in [1.807, 2.05) is 6.92 Å². The lowest BCUT2D eigenvalue weighted by Crippen LogP contribution is -2.17. The summed E-state index contributed by atoms with van der Waals surface area (Å²) in [5, 5.41) is 4.99. The van der Waals surface area contributed by atoms with E-state index in [2.05, 4.69) is 230 Å². The van der Waals surface area contributed by atoms with Crippen LogP contribution >= 0.6 is 0 Å². The van der Waals surface area contributed by atoms with Gasteiger partial charge >= 0.3 is 0 Å². The predicted octanol–water partition coefficient (Wildman–Crippen LogP) is 16.1. The van der Waals surface area contributed by atoms with Crippen LogP contribution in [0.2, 0.25) is 0 Å². The van der Waals surface area contributed by atoms with Gasteiger partial charge in [-0.3, -0.25) is 0 Å². The number of aromatic nitrogens is 1. The number of hydrogen-bond acceptors (Lipinski definition) is 1. The fraction of sp³-hybridized carbons (Fsp3) is 0.0690. The molecule has 11 rings (SSSR count). The number of nitrogens with zero attached hydrogens (tertiary/aromatic N) is 2. The van der Waals surface area contributed by atoms with Gasteiger partial charge < -0.3 is 9.47 Å². The first-order valence-electron chi connectivity index (χ1n) is 20.9. The molecule has 9 aromatic carbocycles. The maximum absolute atomic E-state index is 4.09. The Kier molecular flexibility index (Phi) is 8.25. The third kappa shape index (κ3) is 5.71. The Morgan fingerprint density at radius 3 is 1.57 bits per heavy atom. The van der Waals surface area contributed by atoms with Crippen LogP contribution in [0.4, 0.5) is 17.1 Å². The second-order valence-electron chi connectivity index (χ2n) is 16.8. The van der Waals surface area contributed by atoms with E-state index in [4.69, 9.17) is 0 Å². The molecule has 0 unspecified atom stereocenters. The molecule has 0 bridgehead atoms. The summed E-state index contributed by atoms with van der Waals surface area (Å²) in [6, 6.07) is 73.6. The van der Waals surface area contributed by atoms with Crippen molar-refractivity contribution in [2.24, 2.45) is 0 Å². The molecule has 0 saturated carbocycles. The van der Waals surface area contributed by atoms with E-state index >= 15 is 0 Å².